The fourth-order valence-electron chi connectivity index (χ4n) is 2.72. The summed E-state index contributed by atoms with van der Waals surface area (Å²) in [5, 5.41) is 1.25. The average Bonchev–Trinajstić information content (AvgIpc) is 2.36. The lowest BCUT2D eigenvalue weighted by Gasteiger charge is -2.27. The molecule has 1 aliphatic carbocycles. The Kier molecular flexibility index (Phi) is 4.02. The first-order chi connectivity index (χ1) is 9.66. The van der Waals surface area contributed by atoms with Gasteiger partial charge in [0.15, 0.2) is 0 Å². The van der Waals surface area contributed by atoms with E-state index in [2.05, 4.69) is 18.2 Å². The Morgan fingerprint density at radius 1 is 1.00 bits per heavy atom. The van der Waals surface area contributed by atoms with E-state index in [1.807, 2.05) is 24.3 Å². The van der Waals surface area contributed by atoms with Crippen molar-refractivity contribution in [2.24, 2.45) is 5.73 Å². The summed E-state index contributed by atoms with van der Waals surface area (Å²) >= 11 is 12.5. The van der Waals surface area contributed by atoms with Crippen LogP contribution in [-0.4, -0.2) is 0 Å². The van der Waals surface area contributed by atoms with Crippen LogP contribution in [0.5, 0.6) is 0 Å². The van der Waals surface area contributed by atoms with Crippen LogP contribution in [0.15, 0.2) is 42.5 Å². The molecule has 1 atom stereocenters. The SMILES string of the molecule is NC(c1cccc(C2CCC2)c1)c1c(Cl)cccc1Cl. The van der Waals surface area contributed by atoms with Crippen LogP contribution in [0.4, 0.5) is 0 Å². The summed E-state index contributed by atoms with van der Waals surface area (Å²) in [6.45, 7) is 0. The molecule has 0 aromatic heterocycles. The van der Waals surface area contributed by atoms with E-state index in [-0.39, 0.29) is 6.04 Å². The molecule has 2 aromatic rings. The minimum Gasteiger partial charge on any atom is -0.320 e. The molecule has 2 N–H and O–H groups in total. The highest BCUT2D eigenvalue weighted by Crippen LogP contribution is 2.38. The van der Waals surface area contributed by atoms with E-state index in [1.54, 1.807) is 0 Å². The normalized spacial score (nSPS) is 16.8. The Morgan fingerprint density at radius 3 is 2.25 bits per heavy atom. The molecule has 104 valence electrons. The number of rotatable bonds is 3. The summed E-state index contributed by atoms with van der Waals surface area (Å²) in [5.41, 5.74) is 9.64. The van der Waals surface area contributed by atoms with Gasteiger partial charge in [0.1, 0.15) is 0 Å². The highest BCUT2D eigenvalue weighted by molar-refractivity contribution is 6.36. The third-order valence-electron chi connectivity index (χ3n) is 4.16. The lowest BCUT2D eigenvalue weighted by Crippen LogP contribution is -2.15. The van der Waals surface area contributed by atoms with Crippen molar-refractivity contribution in [1.82, 2.24) is 0 Å². The number of hydrogen-bond acceptors (Lipinski definition) is 1. The van der Waals surface area contributed by atoms with E-state index in [0.717, 1.165) is 11.1 Å². The van der Waals surface area contributed by atoms with Crippen LogP contribution < -0.4 is 5.73 Å². The summed E-state index contributed by atoms with van der Waals surface area (Å²) in [5.74, 6) is 0.698. The molecule has 0 spiro atoms. The van der Waals surface area contributed by atoms with Gasteiger partial charge in [0.2, 0.25) is 0 Å². The summed E-state index contributed by atoms with van der Waals surface area (Å²) < 4.78 is 0. The molecule has 1 aliphatic rings. The maximum absolute atomic E-state index is 6.38. The molecule has 20 heavy (non-hydrogen) atoms. The third kappa shape index (κ3) is 2.58. The summed E-state index contributed by atoms with van der Waals surface area (Å²) in [6.07, 6.45) is 3.90. The van der Waals surface area contributed by atoms with E-state index in [0.29, 0.717) is 16.0 Å². The maximum atomic E-state index is 6.38. The van der Waals surface area contributed by atoms with Crippen molar-refractivity contribution in [3.8, 4) is 0 Å². The molecule has 1 unspecified atom stereocenters. The largest absolute Gasteiger partial charge is 0.320 e. The highest BCUT2D eigenvalue weighted by Gasteiger charge is 2.21. The van der Waals surface area contributed by atoms with Gasteiger partial charge < -0.3 is 5.73 Å². The molecule has 0 bridgehead atoms. The lowest BCUT2D eigenvalue weighted by molar-refractivity contribution is 0.419. The quantitative estimate of drug-likeness (QED) is 0.817. The second kappa shape index (κ2) is 5.77. The van der Waals surface area contributed by atoms with E-state index in [4.69, 9.17) is 28.9 Å². The average molecular weight is 306 g/mol. The minimum atomic E-state index is -0.281. The van der Waals surface area contributed by atoms with Crippen molar-refractivity contribution in [2.45, 2.75) is 31.2 Å². The topological polar surface area (TPSA) is 26.0 Å². The maximum Gasteiger partial charge on any atom is 0.0581 e. The minimum absolute atomic E-state index is 0.281. The van der Waals surface area contributed by atoms with Gasteiger partial charge in [0.25, 0.3) is 0 Å². The van der Waals surface area contributed by atoms with Crippen LogP contribution >= 0.6 is 23.2 Å². The van der Waals surface area contributed by atoms with E-state index >= 15 is 0 Å². The van der Waals surface area contributed by atoms with E-state index in [9.17, 15) is 0 Å². The molecule has 1 fully saturated rings. The first kappa shape index (κ1) is 13.9. The highest BCUT2D eigenvalue weighted by atomic mass is 35.5. The van der Waals surface area contributed by atoms with Crippen LogP contribution in [-0.2, 0) is 0 Å². The second-order valence-electron chi connectivity index (χ2n) is 5.41. The predicted molar refractivity (Wildman–Crippen MR) is 85.5 cm³/mol. The fraction of sp³-hybridized carbons (Fsp3) is 0.294. The van der Waals surface area contributed by atoms with Crippen molar-refractivity contribution >= 4 is 23.2 Å². The summed E-state index contributed by atoms with van der Waals surface area (Å²) in [4.78, 5) is 0. The van der Waals surface area contributed by atoms with Crippen LogP contribution in [0.25, 0.3) is 0 Å². The smallest absolute Gasteiger partial charge is 0.0581 e. The van der Waals surface area contributed by atoms with Gasteiger partial charge in [-0.25, -0.2) is 0 Å². The molecular formula is C17H17Cl2N. The second-order valence-corrected chi connectivity index (χ2v) is 6.23. The molecule has 0 heterocycles. The molecule has 3 rings (SSSR count). The molecule has 3 heteroatoms. The zero-order valence-electron chi connectivity index (χ0n) is 11.2. The number of benzene rings is 2. The molecule has 0 saturated heterocycles. The van der Waals surface area contributed by atoms with Gasteiger partial charge in [-0.3, -0.25) is 0 Å². The molecule has 0 aliphatic heterocycles. The van der Waals surface area contributed by atoms with Crippen LogP contribution in [0.2, 0.25) is 10.0 Å². The van der Waals surface area contributed by atoms with Crippen LogP contribution in [0.1, 0.15) is 47.9 Å². The summed E-state index contributed by atoms with van der Waals surface area (Å²) in [6, 6.07) is 13.7. The standard InChI is InChI=1S/C17H17Cl2N/c18-14-8-3-9-15(19)16(14)17(20)13-7-2-6-12(10-13)11-4-1-5-11/h2-3,6-11,17H,1,4-5,20H2. The predicted octanol–water partition coefficient (Wildman–Crippen LogP) is 5.31. The van der Waals surface area contributed by atoms with Crippen molar-refractivity contribution in [3.05, 3.63) is 69.2 Å². The molecule has 1 nitrogen and oxygen atoms in total. The molecule has 2 aromatic carbocycles. The van der Waals surface area contributed by atoms with Crippen molar-refractivity contribution < 1.29 is 0 Å². The number of nitrogens with two attached hydrogens (primary N) is 1. The third-order valence-corrected chi connectivity index (χ3v) is 4.82. The van der Waals surface area contributed by atoms with Gasteiger partial charge in [0.05, 0.1) is 6.04 Å². The van der Waals surface area contributed by atoms with E-state index < -0.39 is 0 Å². The first-order valence-electron chi connectivity index (χ1n) is 6.96. The lowest BCUT2D eigenvalue weighted by atomic mass is 9.79. The Balaban J connectivity index is 1.95. The molecule has 0 amide bonds. The Hall–Kier alpha value is -1.02. The van der Waals surface area contributed by atoms with Crippen molar-refractivity contribution in [3.63, 3.8) is 0 Å². The number of halogens is 2. The molecular weight excluding hydrogens is 289 g/mol. The van der Waals surface area contributed by atoms with Crippen LogP contribution in [0, 0.1) is 0 Å². The summed E-state index contributed by atoms with van der Waals surface area (Å²) in [7, 11) is 0. The van der Waals surface area contributed by atoms with Gasteiger partial charge in [-0.15, -0.1) is 0 Å². The van der Waals surface area contributed by atoms with E-state index in [1.165, 1.54) is 24.8 Å². The van der Waals surface area contributed by atoms with Gasteiger partial charge in [-0.05, 0) is 42.0 Å². The van der Waals surface area contributed by atoms with Gasteiger partial charge in [-0.1, -0.05) is 60.0 Å². The molecule has 1 saturated carbocycles. The Morgan fingerprint density at radius 2 is 1.65 bits per heavy atom. The molecule has 0 radical (unpaired) electrons. The Labute approximate surface area is 129 Å². The van der Waals surface area contributed by atoms with Gasteiger partial charge in [-0.2, -0.15) is 0 Å². The first-order valence-corrected chi connectivity index (χ1v) is 7.72. The Bertz CT molecular complexity index is 600. The zero-order valence-corrected chi connectivity index (χ0v) is 12.7. The fourth-order valence-corrected chi connectivity index (χ4v) is 3.36. The van der Waals surface area contributed by atoms with Crippen molar-refractivity contribution in [1.29, 1.82) is 0 Å². The number of hydrogen-bond donors (Lipinski definition) is 1. The van der Waals surface area contributed by atoms with Crippen molar-refractivity contribution in [2.75, 3.05) is 0 Å². The van der Waals surface area contributed by atoms with Gasteiger partial charge >= 0.3 is 0 Å². The van der Waals surface area contributed by atoms with Crippen LogP contribution in [0.3, 0.4) is 0 Å². The monoisotopic (exact) mass is 305 g/mol. The van der Waals surface area contributed by atoms with Gasteiger partial charge in [0, 0.05) is 15.6 Å². The zero-order chi connectivity index (χ0) is 14.1.